The van der Waals surface area contributed by atoms with Crippen LogP contribution in [0.5, 0.6) is 0 Å². The average molecular weight is 527 g/mol. The van der Waals surface area contributed by atoms with Crippen LogP contribution >= 0.6 is 0 Å². The molecular weight excluding hydrogens is 480 g/mol. The predicted molar refractivity (Wildman–Crippen MR) is 135 cm³/mol. The SMILES string of the molecule is CC(C)[C@@H]1CC[C@@H](C)C[C@H]1OC(=O)COC(=O)C[C@@H](O)C(=O)OCC(=O)O[C@@H]1C[C@H](C)CC[C@H]1C(C)C. The highest BCUT2D eigenvalue weighted by atomic mass is 16.6. The lowest BCUT2D eigenvalue weighted by Gasteiger charge is -2.36. The molecule has 0 amide bonds. The summed E-state index contributed by atoms with van der Waals surface area (Å²) in [6.45, 7) is 11.4. The minimum absolute atomic E-state index is 0.220. The van der Waals surface area contributed by atoms with Crippen molar-refractivity contribution in [2.45, 2.75) is 105 Å². The summed E-state index contributed by atoms with van der Waals surface area (Å²) >= 11 is 0. The molecule has 0 heterocycles. The first-order chi connectivity index (χ1) is 17.4. The van der Waals surface area contributed by atoms with Crippen LogP contribution in [0.15, 0.2) is 0 Å². The van der Waals surface area contributed by atoms with Gasteiger partial charge in [0.05, 0.1) is 6.42 Å². The fraction of sp³-hybridized carbons (Fsp3) is 0.857. The van der Waals surface area contributed by atoms with E-state index in [4.69, 9.17) is 18.9 Å². The molecule has 37 heavy (non-hydrogen) atoms. The molecular formula is C28H46O9. The molecule has 2 aliphatic rings. The van der Waals surface area contributed by atoms with Gasteiger partial charge in [0.25, 0.3) is 0 Å². The van der Waals surface area contributed by atoms with Gasteiger partial charge < -0.3 is 24.1 Å². The molecule has 0 radical (unpaired) electrons. The van der Waals surface area contributed by atoms with Gasteiger partial charge in [-0.25, -0.2) is 14.4 Å². The summed E-state index contributed by atoms with van der Waals surface area (Å²) < 4.78 is 20.9. The van der Waals surface area contributed by atoms with Crippen LogP contribution in [0.2, 0.25) is 0 Å². The Morgan fingerprint density at radius 2 is 1.14 bits per heavy atom. The third kappa shape index (κ3) is 10.3. The molecule has 0 aromatic rings. The molecule has 0 unspecified atom stereocenters. The zero-order chi connectivity index (χ0) is 27.7. The molecule has 2 fully saturated rings. The van der Waals surface area contributed by atoms with E-state index in [1.54, 1.807) is 0 Å². The van der Waals surface area contributed by atoms with Crippen molar-refractivity contribution in [3.63, 3.8) is 0 Å². The number of carbonyl (C=O) groups is 4. The van der Waals surface area contributed by atoms with Crippen molar-refractivity contribution in [3.8, 4) is 0 Å². The van der Waals surface area contributed by atoms with Gasteiger partial charge in [-0.2, -0.15) is 0 Å². The number of rotatable bonds is 11. The van der Waals surface area contributed by atoms with Crippen molar-refractivity contribution < 1.29 is 43.2 Å². The molecule has 0 spiro atoms. The normalized spacial score (nSPS) is 28.9. The average Bonchev–Trinajstić information content (AvgIpc) is 2.80. The van der Waals surface area contributed by atoms with Gasteiger partial charge in [-0.05, 0) is 61.2 Å². The van der Waals surface area contributed by atoms with Crippen LogP contribution < -0.4 is 0 Å². The number of esters is 4. The van der Waals surface area contributed by atoms with E-state index in [-0.39, 0.29) is 24.0 Å². The van der Waals surface area contributed by atoms with E-state index in [1.807, 2.05) is 0 Å². The van der Waals surface area contributed by atoms with Crippen LogP contribution in [0.4, 0.5) is 0 Å². The van der Waals surface area contributed by atoms with E-state index < -0.39 is 49.6 Å². The monoisotopic (exact) mass is 526 g/mol. The second-order valence-electron chi connectivity index (χ2n) is 11.7. The van der Waals surface area contributed by atoms with Crippen molar-refractivity contribution in [2.75, 3.05) is 13.2 Å². The van der Waals surface area contributed by atoms with E-state index >= 15 is 0 Å². The topological polar surface area (TPSA) is 125 Å². The maximum atomic E-state index is 12.2. The summed E-state index contributed by atoms with van der Waals surface area (Å²) in [6, 6.07) is 0. The molecule has 7 atom stereocenters. The molecule has 0 aliphatic heterocycles. The highest BCUT2D eigenvalue weighted by molar-refractivity contribution is 5.84. The van der Waals surface area contributed by atoms with Crippen LogP contribution in [0.3, 0.4) is 0 Å². The number of aliphatic hydroxyl groups is 1. The van der Waals surface area contributed by atoms with E-state index in [2.05, 4.69) is 41.5 Å². The van der Waals surface area contributed by atoms with Gasteiger partial charge >= 0.3 is 23.9 Å². The zero-order valence-corrected chi connectivity index (χ0v) is 23.3. The van der Waals surface area contributed by atoms with Gasteiger partial charge in [0.2, 0.25) is 0 Å². The zero-order valence-electron chi connectivity index (χ0n) is 23.3. The van der Waals surface area contributed by atoms with Gasteiger partial charge in [-0.1, -0.05) is 54.4 Å². The second-order valence-corrected chi connectivity index (χ2v) is 11.7. The van der Waals surface area contributed by atoms with Crippen molar-refractivity contribution in [3.05, 3.63) is 0 Å². The van der Waals surface area contributed by atoms with Crippen molar-refractivity contribution >= 4 is 23.9 Å². The van der Waals surface area contributed by atoms with E-state index in [0.717, 1.165) is 38.5 Å². The van der Waals surface area contributed by atoms with Crippen LogP contribution in [0.25, 0.3) is 0 Å². The van der Waals surface area contributed by atoms with Crippen LogP contribution in [0.1, 0.15) is 86.5 Å². The van der Waals surface area contributed by atoms with E-state index in [0.29, 0.717) is 23.7 Å². The van der Waals surface area contributed by atoms with Crippen LogP contribution in [-0.4, -0.2) is 60.5 Å². The Hall–Kier alpha value is -2.16. The lowest BCUT2D eigenvalue weighted by Crippen LogP contribution is -2.37. The van der Waals surface area contributed by atoms with Crippen LogP contribution in [-0.2, 0) is 38.1 Å². The lowest BCUT2D eigenvalue weighted by molar-refractivity contribution is -0.173. The highest BCUT2D eigenvalue weighted by Crippen LogP contribution is 2.36. The summed E-state index contributed by atoms with van der Waals surface area (Å²) in [5.41, 5.74) is 0. The Morgan fingerprint density at radius 1 is 0.703 bits per heavy atom. The second kappa shape index (κ2) is 14.7. The molecule has 2 saturated carbocycles. The fourth-order valence-electron chi connectivity index (χ4n) is 5.57. The Balaban J connectivity index is 1.70. The molecule has 1 N–H and O–H groups in total. The van der Waals surface area contributed by atoms with Crippen molar-refractivity contribution in [1.29, 1.82) is 0 Å². The summed E-state index contributed by atoms with van der Waals surface area (Å²) in [4.78, 5) is 48.5. The smallest absolute Gasteiger partial charge is 0.344 e. The number of hydrogen-bond donors (Lipinski definition) is 1. The molecule has 2 rings (SSSR count). The third-order valence-corrected chi connectivity index (χ3v) is 7.80. The Kier molecular flexibility index (Phi) is 12.3. The highest BCUT2D eigenvalue weighted by Gasteiger charge is 2.35. The number of hydrogen-bond acceptors (Lipinski definition) is 9. The minimum Gasteiger partial charge on any atom is -0.460 e. The first-order valence-electron chi connectivity index (χ1n) is 13.8. The first-order valence-corrected chi connectivity index (χ1v) is 13.8. The molecule has 9 heteroatoms. The molecule has 9 nitrogen and oxygen atoms in total. The van der Waals surface area contributed by atoms with Gasteiger partial charge in [0, 0.05) is 0 Å². The Labute approximate surface area is 220 Å². The largest absolute Gasteiger partial charge is 0.460 e. The number of aliphatic hydroxyl groups excluding tert-OH is 1. The quantitative estimate of drug-likeness (QED) is 0.316. The minimum atomic E-state index is -1.82. The van der Waals surface area contributed by atoms with Gasteiger partial charge in [-0.3, -0.25) is 4.79 Å². The van der Waals surface area contributed by atoms with Gasteiger partial charge in [0.15, 0.2) is 19.3 Å². The van der Waals surface area contributed by atoms with E-state index in [1.165, 1.54) is 0 Å². The van der Waals surface area contributed by atoms with Crippen molar-refractivity contribution in [1.82, 2.24) is 0 Å². The molecule has 212 valence electrons. The number of ether oxygens (including phenoxy) is 4. The Bertz CT molecular complexity index is 778. The summed E-state index contributed by atoms with van der Waals surface area (Å²) in [5, 5.41) is 9.98. The molecule has 0 aromatic carbocycles. The maximum absolute atomic E-state index is 12.2. The number of carbonyl (C=O) groups excluding carboxylic acids is 4. The predicted octanol–water partition coefficient (Wildman–Crippen LogP) is 3.83. The summed E-state index contributed by atoms with van der Waals surface area (Å²) in [6.07, 6.45) is 2.69. The van der Waals surface area contributed by atoms with Gasteiger partial charge in [-0.15, -0.1) is 0 Å². The molecule has 0 saturated heterocycles. The molecule has 0 aromatic heterocycles. The van der Waals surface area contributed by atoms with E-state index in [9.17, 15) is 24.3 Å². The fourth-order valence-corrected chi connectivity index (χ4v) is 5.57. The standard InChI is InChI=1S/C28H46O9/c1-16(2)20-9-7-18(5)11-23(20)36-26(31)14-34-25(30)13-22(29)28(33)35-15-27(32)37-24-12-19(6)8-10-21(24)17(3)4/h16-24,29H,7-15H2,1-6H3/t18-,19-,20+,21+,22-,23-,24-/m1/s1. The summed E-state index contributed by atoms with van der Waals surface area (Å²) in [5.74, 6) is -1.28. The summed E-state index contributed by atoms with van der Waals surface area (Å²) in [7, 11) is 0. The maximum Gasteiger partial charge on any atom is 0.344 e. The van der Waals surface area contributed by atoms with Gasteiger partial charge in [0.1, 0.15) is 12.2 Å². The molecule has 2 aliphatic carbocycles. The Morgan fingerprint density at radius 3 is 1.57 bits per heavy atom. The third-order valence-electron chi connectivity index (χ3n) is 7.80. The van der Waals surface area contributed by atoms with Crippen molar-refractivity contribution in [2.24, 2.45) is 35.5 Å². The van der Waals surface area contributed by atoms with Crippen LogP contribution in [0, 0.1) is 35.5 Å². The lowest BCUT2D eigenvalue weighted by atomic mass is 9.75. The molecule has 0 bridgehead atoms. The first kappa shape index (κ1) is 31.1.